The summed E-state index contributed by atoms with van der Waals surface area (Å²) in [6.07, 6.45) is 8.05. The van der Waals surface area contributed by atoms with Gasteiger partial charge in [0.2, 0.25) is 0 Å². The smallest absolute Gasteiger partial charge is 0.0314 e. The van der Waals surface area contributed by atoms with Crippen molar-refractivity contribution in [1.82, 2.24) is 4.90 Å². The molecule has 1 aromatic carbocycles. The molecule has 2 N–H and O–H groups in total. The maximum absolute atomic E-state index is 5.70. The number of hydrogen-bond donors (Lipinski definition) is 1. The number of rotatable bonds is 6. The van der Waals surface area contributed by atoms with E-state index in [0.29, 0.717) is 0 Å². The van der Waals surface area contributed by atoms with Gasteiger partial charge in [-0.25, -0.2) is 0 Å². The van der Waals surface area contributed by atoms with Gasteiger partial charge in [0, 0.05) is 5.69 Å². The molecule has 0 spiro atoms. The summed E-state index contributed by atoms with van der Waals surface area (Å²) < 4.78 is 0. The van der Waals surface area contributed by atoms with Crippen molar-refractivity contribution in [2.45, 2.75) is 45.4 Å². The van der Waals surface area contributed by atoms with Crippen molar-refractivity contribution in [2.24, 2.45) is 5.92 Å². The molecule has 1 aliphatic heterocycles. The van der Waals surface area contributed by atoms with Crippen LogP contribution >= 0.6 is 0 Å². The Morgan fingerprint density at radius 2 is 1.84 bits per heavy atom. The van der Waals surface area contributed by atoms with Crippen molar-refractivity contribution in [1.29, 1.82) is 0 Å². The molecular weight excluding hydrogens is 232 g/mol. The summed E-state index contributed by atoms with van der Waals surface area (Å²) in [5.74, 6) is 0.998. The SMILES string of the molecule is CCCC1CCN(CCCc2ccc(N)cc2)CC1. The molecule has 0 aromatic heterocycles. The molecule has 19 heavy (non-hydrogen) atoms. The summed E-state index contributed by atoms with van der Waals surface area (Å²) >= 11 is 0. The Morgan fingerprint density at radius 3 is 2.47 bits per heavy atom. The number of benzene rings is 1. The van der Waals surface area contributed by atoms with Crippen LogP contribution in [0, 0.1) is 5.92 Å². The second-order valence-electron chi connectivity index (χ2n) is 5.92. The molecule has 1 fully saturated rings. The van der Waals surface area contributed by atoms with Gasteiger partial charge < -0.3 is 10.6 Å². The van der Waals surface area contributed by atoms with Crippen LogP contribution in [0.25, 0.3) is 0 Å². The minimum Gasteiger partial charge on any atom is -0.399 e. The Kier molecular flexibility index (Phi) is 5.71. The maximum Gasteiger partial charge on any atom is 0.0314 e. The molecule has 106 valence electrons. The first-order valence-corrected chi connectivity index (χ1v) is 7.84. The summed E-state index contributed by atoms with van der Waals surface area (Å²) in [7, 11) is 0. The van der Waals surface area contributed by atoms with Gasteiger partial charge >= 0.3 is 0 Å². The van der Waals surface area contributed by atoms with Gasteiger partial charge in [0.25, 0.3) is 0 Å². The van der Waals surface area contributed by atoms with E-state index in [9.17, 15) is 0 Å². The predicted octanol–water partition coefficient (Wildman–Crippen LogP) is 3.71. The lowest BCUT2D eigenvalue weighted by atomic mass is 9.92. The van der Waals surface area contributed by atoms with E-state index in [1.54, 1.807) is 0 Å². The average Bonchev–Trinajstić information content (AvgIpc) is 2.43. The van der Waals surface area contributed by atoms with Crippen LogP contribution in [0.3, 0.4) is 0 Å². The Bertz CT molecular complexity index is 350. The number of anilines is 1. The molecule has 0 saturated carbocycles. The van der Waals surface area contributed by atoms with Crippen LogP contribution in [0.4, 0.5) is 5.69 Å². The van der Waals surface area contributed by atoms with Gasteiger partial charge in [-0.2, -0.15) is 0 Å². The highest BCUT2D eigenvalue weighted by molar-refractivity contribution is 5.39. The molecular formula is C17H28N2. The van der Waals surface area contributed by atoms with Crippen LogP contribution < -0.4 is 5.73 Å². The summed E-state index contributed by atoms with van der Waals surface area (Å²) in [6, 6.07) is 8.32. The van der Waals surface area contributed by atoms with Gasteiger partial charge in [0.1, 0.15) is 0 Å². The van der Waals surface area contributed by atoms with E-state index in [1.165, 1.54) is 63.7 Å². The minimum absolute atomic E-state index is 0.863. The van der Waals surface area contributed by atoms with E-state index in [4.69, 9.17) is 5.73 Å². The van der Waals surface area contributed by atoms with Crippen LogP contribution in [0.2, 0.25) is 0 Å². The fourth-order valence-corrected chi connectivity index (χ4v) is 3.10. The highest BCUT2D eigenvalue weighted by atomic mass is 15.1. The standard InChI is InChI=1S/C17H28N2/c1-2-4-15-10-13-19(14-11-15)12-3-5-16-6-8-17(18)9-7-16/h6-9,15H,2-5,10-14,18H2,1H3. The van der Waals surface area contributed by atoms with Gasteiger partial charge in [-0.15, -0.1) is 0 Å². The summed E-state index contributed by atoms with van der Waals surface area (Å²) in [4.78, 5) is 2.64. The van der Waals surface area contributed by atoms with Crippen LogP contribution in [-0.2, 0) is 6.42 Å². The van der Waals surface area contributed by atoms with E-state index >= 15 is 0 Å². The largest absolute Gasteiger partial charge is 0.399 e. The van der Waals surface area contributed by atoms with Crippen molar-refractivity contribution in [3.05, 3.63) is 29.8 Å². The molecule has 0 atom stereocenters. The Balaban J connectivity index is 1.63. The molecule has 1 aromatic rings. The van der Waals surface area contributed by atoms with E-state index in [-0.39, 0.29) is 0 Å². The van der Waals surface area contributed by atoms with Crippen molar-refractivity contribution >= 4 is 5.69 Å². The number of nitrogens with zero attached hydrogens (tertiary/aromatic N) is 1. The lowest BCUT2D eigenvalue weighted by molar-refractivity contribution is 0.177. The zero-order chi connectivity index (χ0) is 13.5. The van der Waals surface area contributed by atoms with Gasteiger partial charge in [-0.05, 0) is 68.9 Å². The predicted molar refractivity (Wildman–Crippen MR) is 83.2 cm³/mol. The van der Waals surface area contributed by atoms with E-state index < -0.39 is 0 Å². The van der Waals surface area contributed by atoms with Gasteiger partial charge in [-0.3, -0.25) is 0 Å². The number of piperidine rings is 1. The average molecular weight is 260 g/mol. The van der Waals surface area contributed by atoms with Gasteiger partial charge in [0.15, 0.2) is 0 Å². The lowest BCUT2D eigenvalue weighted by Crippen LogP contribution is -2.34. The van der Waals surface area contributed by atoms with Crippen molar-refractivity contribution in [2.75, 3.05) is 25.4 Å². The van der Waals surface area contributed by atoms with Crippen molar-refractivity contribution < 1.29 is 0 Å². The minimum atomic E-state index is 0.863. The zero-order valence-electron chi connectivity index (χ0n) is 12.3. The number of likely N-dealkylation sites (tertiary alicyclic amines) is 1. The van der Waals surface area contributed by atoms with Crippen LogP contribution in [0.1, 0.15) is 44.6 Å². The highest BCUT2D eigenvalue weighted by Gasteiger charge is 2.17. The second-order valence-corrected chi connectivity index (χ2v) is 5.92. The molecule has 0 aliphatic carbocycles. The molecule has 0 radical (unpaired) electrons. The van der Waals surface area contributed by atoms with E-state index in [2.05, 4.69) is 24.0 Å². The van der Waals surface area contributed by atoms with Crippen LogP contribution in [0.5, 0.6) is 0 Å². The molecule has 2 heteroatoms. The van der Waals surface area contributed by atoms with E-state index in [1.807, 2.05) is 12.1 Å². The van der Waals surface area contributed by atoms with Crippen LogP contribution in [0.15, 0.2) is 24.3 Å². The van der Waals surface area contributed by atoms with E-state index in [0.717, 1.165) is 11.6 Å². The third-order valence-corrected chi connectivity index (χ3v) is 4.32. The number of nitrogens with two attached hydrogens (primary N) is 1. The third kappa shape index (κ3) is 4.87. The normalized spacial score (nSPS) is 17.7. The maximum atomic E-state index is 5.70. The quantitative estimate of drug-likeness (QED) is 0.790. The first-order valence-electron chi connectivity index (χ1n) is 7.84. The molecule has 2 rings (SSSR count). The molecule has 0 amide bonds. The van der Waals surface area contributed by atoms with Crippen molar-refractivity contribution in [3.8, 4) is 0 Å². The zero-order valence-corrected chi connectivity index (χ0v) is 12.3. The van der Waals surface area contributed by atoms with Crippen molar-refractivity contribution in [3.63, 3.8) is 0 Å². The van der Waals surface area contributed by atoms with Crippen LogP contribution in [-0.4, -0.2) is 24.5 Å². The summed E-state index contributed by atoms with van der Waals surface area (Å²) in [5, 5.41) is 0. The molecule has 1 saturated heterocycles. The Hall–Kier alpha value is -1.02. The first-order chi connectivity index (χ1) is 9.28. The Labute approximate surface area is 118 Å². The first kappa shape index (κ1) is 14.4. The molecule has 1 heterocycles. The van der Waals surface area contributed by atoms with Gasteiger partial charge in [0.05, 0.1) is 0 Å². The number of aryl methyl sites for hydroxylation is 1. The Morgan fingerprint density at radius 1 is 1.16 bits per heavy atom. The summed E-state index contributed by atoms with van der Waals surface area (Å²) in [6.45, 7) is 6.18. The molecule has 0 bridgehead atoms. The highest BCUT2D eigenvalue weighted by Crippen LogP contribution is 2.21. The lowest BCUT2D eigenvalue weighted by Gasteiger charge is -2.31. The fourth-order valence-electron chi connectivity index (χ4n) is 3.10. The molecule has 0 unspecified atom stereocenters. The number of hydrogen-bond acceptors (Lipinski definition) is 2. The third-order valence-electron chi connectivity index (χ3n) is 4.32. The monoisotopic (exact) mass is 260 g/mol. The number of nitrogen functional groups attached to an aromatic ring is 1. The molecule has 2 nitrogen and oxygen atoms in total. The fraction of sp³-hybridized carbons (Fsp3) is 0.647. The second kappa shape index (κ2) is 7.54. The van der Waals surface area contributed by atoms with Gasteiger partial charge in [-0.1, -0.05) is 31.9 Å². The topological polar surface area (TPSA) is 29.3 Å². The molecule has 1 aliphatic rings. The summed E-state index contributed by atoms with van der Waals surface area (Å²) in [5.41, 5.74) is 7.98.